The molecule has 4 nitrogen and oxygen atoms in total. The molecular formula is C14H17N3OS. The van der Waals surface area contributed by atoms with Gasteiger partial charge in [-0.05, 0) is 43.5 Å². The van der Waals surface area contributed by atoms with E-state index < -0.39 is 0 Å². The number of azo groups is 1. The van der Waals surface area contributed by atoms with Gasteiger partial charge < -0.3 is 10.0 Å². The quantitative estimate of drug-likeness (QED) is 0.803. The number of hydrogen-bond donors (Lipinski definition) is 1. The Balaban J connectivity index is 2.20. The Kier molecular flexibility index (Phi) is 4.52. The van der Waals surface area contributed by atoms with E-state index in [1.54, 1.807) is 12.1 Å². The highest BCUT2D eigenvalue weighted by molar-refractivity contribution is 7.13. The zero-order chi connectivity index (χ0) is 13.7. The van der Waals surface area contributed by atoms with Crippen molar-refractivity contribution in [3.05, 3.63) is 35.7 Å². The molecule has 19 heavy (non-hydrogen) atoms. The molecule has 100 valence electrons. The summed E-state index contributed by atoms with van der Waals surface area (Å²) in [7, 11) is 0. The Hall–Kier alpha value is -1.88. The Bertz CT molecular complexity index is 548. The lowest BCUT2D eigenvalue weighted by Crippen LogP contribution is -2.21. The summed E-state index contributed by atoms with van der Waals surface area (Å²) in [5.74, 6) is 0.157. The topological polar surface area (TPSA) is 48.2 Å². The van der Waals surface area contributed by atoms with Gasteiger partial charge in [0.05, 0.1) is 0 Å². The van der Waals surface area contributed by atoms with Crippen molar-refractivity contribution in [1.82, 2.24) is 0 Å². The van der Waals surface area contributed by atoms with Crippen LogP contribution in [0, 0.1) is 0 Å². The second-order valence-electron chi connectivity index (χ2n) is 4.00. The number of phenolic OH excluding ortho intramolecular Hbond substituents is 1. The molecule has 0 aliphatic rings. The van der Waals surface area contributed by atoms with Gasteiger partial charge in [0.1, 0.15) is 16.4 Å². The van der Waals surface area contributed by atoms with Gasteiger partial charge in [0.25, 0.3) is 0 Å². The monoisotopic (exact) mass is 275 g/mol. The van der Waals surface area contributed by atoms with Crippen molar-refractivity contribution in [3.8, 4) is 5.75 Å². The number of benzene rings is 1. The Morgan fingerprint density at radius 3 is 2.53 bits per heavy atom. The minimum absolute atomic E-state index is 0.157. The molecule has 0 aliphatic heterocycles. The molecule has 0 aliphatic carbocycles. The maximum Gasteiger partial charge on any atom is 0.145 e. The number of nitrogens with zero attached hydrogens (tertiary/aromatic N) is 3. The highest BCUT2D eigenvalue weighted by Crippen LogP contribution is 2.32. The summed E-state index contributed by atoms with van der Waals surface area (Å²) in [6.45, 7) is 5.99. The SMILES string of the molecule is CCN(CC)c1ccc(N=Nc2cccs2)c(O)c1. The molecule has 2 rings (SSSR count). The molecule has 0 amide bonds. The van der Waals surface area contributed by atoms with Crippen molar-refractivity contribution in [2.75, 3.05) is 18.0 Å². The third-order valence-electron chi connectivity index (χ3n) is 2.85. The van der Waals surface area contributed by atoms with E-state index in [0.29, 0.717) is 5.69 Å². The lowest BCUT2D eigenvalue weighted by molar-refractivity contribution is 0.476. The van der Waals surface area contributed by atoms with Crippen LogP contribution in [0.4, 0.5) is 16.4 Å². The van der Waals surface area contributed by atoms with Gasteiger partial charge in [-0.3, -0.25) is 0 Å². The third kappa shape index (κ3) is 3.32. The first kappa shape index (κ1) is 13.5. The molecule has 0 bridgehead atoms. The van der Waals surface area contributed by atoms with Crippen LogP contribution in [0.3, 0.4) is 0 Å². The van der Waals surface area contributed by atoms with Crippen LogP contribution < -0.4 is 4.90 Å². The second kappa shape index (κ2) is 6.33. The van der Waals surface area contributed by atoms with Crippen LogP contribution in [0.5, 0.6) is 5.75 Å². The fourth-order valence-electron chi connectivity index (χ4n) is 1.81. The molecule has 0 saturated heterocycles. The fraction of sp³-hybridized carbons (Fsp3) is 0.286. The zero-order valence-electron chi connectivity index (χ0n) is 11.1. The minimum Gasteiger partial charge on any atom is -0.506 e. The largest absolute Gasteiger partial charge is 0.506 e. The number of phenols is 1. The molecule has 1 N–H and O–H groups in total. The maximum absolute atomic E-state index is 9.98. The Morgan fingerprint density at radius 1 is 1.16 bits per heavy atom. The maximum atomic E-state index is 9.98. The van der Waals surface area contributed by atoms with E-state index in [1.165, 1.54) is 11.3 Å². The first-order chi connectivity index (χ1) is 9.24. The normalized spacial score (nSPS) is 11.1. The van der Waals surface area contributed by atoms with Crippen molar-refractivity contribution in [2.45, 2.75) is 13.8 Å². The molecule has 1 aromatic heterocycles. The average molecular weight is 275 g/mol. The highest BCUT2D eigenvalue weighted by atomic mass is 32.1. The van der Waals surface area contributed by atoms with Crippen LogP contribution >= 0.6 is 11.3 Å². The summed E-state index contributed by atoms with van der Waals surface area (Å²) >= 11 is 1.51. The van der Waals surface area contributed by atoms with E-state index in [9.17, 15) is 5.11 Å². The molecule has 0 saturated carbocycles. The van der Waals surface area contributed by atoms with E-state index in [2.05, 4.69) is 29.0 Å². The van der Waals surface area contributed by atoms with Crippen molar-refractivity contribution in [2.24, 2.45) is 10.2 Å². The standard InChI is InChI=1S/C14H17N3OS/c1-3-17(4-2)11-7-8-12(13(18)10-11)15-16-14-6-5-9-19-14/h5-10,18H,3-4H2,1-2H3. The fourth-order valence-corrected chi connectivity index (χ4v) is 2.35. The first-order valence-corrected chi connectivity index (χ1v) is 7.15. The number of hydrogen-bond acceptors (Lipinski definition) is 5. The Morgan fingerprint density at radius 2 is 1.95 bits per heavy atom. The van der Waals surface area contributed by atoms with Crippen LogP contribution in [0.25, 0.3) is 0 Å². The highest BCUT2D eigenvalue weighted by Gasteiger charge is 2.06. The van der Waals surface area contributed by atoms with Crippen LogP contribution in [-0.2, 0) is 0 Å². The predicted molar refractivity (Wildman–Crippen MR) is 80.2 cm³/mol. The van der Waals surface area contributed by atoms with E-state index in [1.807, 2.05) is 23.6 Å². The lowest BCUT2D eigenvalue weighted by atomic mass is 10.2. The van der Waals surface area contributed by atoms with Gasteiger partial charge in [-0.2, -0.15) is 0 Å². The van der Waals surface area contributed by atoms with Crippen LogP contribution in [-0.4, -0.2) is 18.2 Å². The summed E-state index contributed by atoms with van der Waals surface area (Å²) in [5.41, 5.74) is 1.49. The number of thiophene rings is 1. The molecule has 0 atom stereocenters. The second-order valence-corrected chi connectivity index (χ2v) is 4.92. The van der Waals surface area contributed by atoms with Gasteiger partial charge in [-0.1, -0.05) is 0 Å². The average Bonchev–Trinajstić information content (AvgIpc) is 2.92. The predicted octanol–water partition coefficient (Wildman–Crippen LogP) is 4.72. The van der Waals surface area contributed by atoms with Crippen molar-refractivity contribution < 1.29 is 5.11 Å². The minimum atomic E-state index is 0.157. The molecular weight excluding hydrogens is 258 g/mol. The third-order valence-corrected chi connectivity index (χ3v) is 3.60. The summed E-state index contributed by atoms with van der Waals surface area (Å²) in [6.07, 6.45) is 0. The molecule has 0 radical (unpaired) electrons. The lowest BCUT2D eigenvalue weighted by Gasteiger charge is -2.21. The number of anilines is 1. The van der Waals surface area contributed by atoms with E-state index in [0.717, 1.165) is 23.8 Å². The van der Waals surface area contributed by atoms with Gasteiger partial charge in [0.15, 0.2) is 0 Å². The summed E-state index contributed by atoms with van der Waals surface area (Å²) in [4.78, 5) is 2.17. The molecule has 5 heteroatoms. The molecule has 0 unspecified atom stereocenters. The summed E-state index contributed by atoms with van der Waals surface area (Å²) < 4.78 is 0. The number of rotatable bonds is 5. The van der Waals surface area contributed by atoms with Gasteiger partial charge in [0, 0.05) is 24.8 Å². The van der Waals surface area contributed by atoms with Crippen molar-refractivity contribution in [3.63, 3.8) is 0 Å². The zero-order valence-corrected chi connectivity index (χ0v) is 11.9. The van der Waals surface area contributed by atoms with Crippen molar-refractivity contribution in [1.29, 1.82) is 0 Å². The van der Waals surface area contributed by atoms with Gasteiger partial charge >= 0.3 is 0 Å². The molecule has 0 fully saturated rings. The molecule has 1 aromatic carbocycles. The molecule has 1 heterocycles. The summed E-state index contributed by atoms with van der Waals surface area (Å²) in [5, 5.41) is 20.9. The molecule has 2 aromatic rings. The van der Waals surface area contributed by atoms with E-state index in [-0.39, 0.29) is 5.75 Å². The first-order valence-electron chi connectivity index (χ1n) is 6.27. The smallest absolute Gasteiger partial charge is 0.145 e. The van der Waals surface area contributed by atoms with E-state index >= 15 is 0 Å². The van der Waals surface area contributed by atoms with E-state index in [4.69, 9.17) is 0 Å². The number of aromatic hydroxyl groups is 1. The van der Waals surface area contributed by atoms with Crippen LogP contribution in [0.15, 0.2) is 45.9 Å². The summed E-state index contributed by atoms with van der Waals surface area (Å²) in [6, 6.07) is 9.28. The molecule has 0 spiro atoms. The Labute approximate surface area is 117 Å². The van der Waals surface area contributed by atoms with Gasteiger partial charge in [-0.25, -0.2) is 0 Å². The van der Waals surface area contributed by atoms with Gasteiger partial charge in [0.2, 0.25) is 0 Å². The van der Waals surface area contributed by atoms with Crippen LogP contribution in [0.1, 0.15) is 13.8 Å². The van der Waals surface area contributed by atoms with Crippen molar-refractivity contribution >= 4 is 27.7 Å². The van der Waals surface area contributed by atoms with Crippen LogP contribution in [0.2, 0.25) is 0 Å². The van der Waals surface area contributed by atoms with Gasteiger partial charge in [-0.15, -0.1) is 21.6 Å².